The Kier molecular flexibility index (Phi) is 6.82. The van der Waals surface area contributed by atoms with Crippen LogP contribution in [-0.4, -0.2) is 42.9 Å². The Balaban J connectivity index is 1.72. The lowest BCUT2D eigenvalue weighted by Gasteiger charge is -2.14. The SMILES string of the molecule is CCOc1c(/C=C2\SC(=O)N(CCOc3cccc(C)c3)C2=O)cccc1OC. The average Bonchev–Trinajstić information content (AvgIpc) is 2.97. The maximum atomic E-state index is 12.7. The molecule has 0 N–H and O–H groups in total. The molecular weight excluding hydrogens is 390 g/mol. The summed E-state index contributed by atoms with van der Waals surface area (Å²) in [5.41, 5.74) is 1.77. The number of amides is 2. The first-order valence-corrected chi connectivity index (χ1v) is 10.1. The molecule has 1 aliphatic rings. The first kappa shape index (κ1) is 20.8. The monoisotopic (exact) mass is 413 g/mol. The highest BCUT2D eigenvalue weighted by Gasteiger charge is 2.35. The smallest absolute Gasteiger partial charge is 0.293 e. The second-order valence-corrected chi connectivity index (χ2v) is 7.30. The van der Waals surface area contributed by atoms with Crippen LogP contribution >= 0.6 is 11.8 Å². The third-order valence-corrected chi connectivity index (χ3v) is 5.16. The lowest BCUT2D eigenvalue weighted by atomic mass is 10.1. The van der Waals surface area contributed by atoms with Crippen molar-refractivity contribution in [2.75, 3.05) is 26.9 Å². The predicted molar refractivity (Wildman–Crippen MR) is 114 cm³/mol. The number of hydrogen-bond donors (Lipinski definition) is 0. The molecule has 1 saturated heterocycles. The van der Waals surface area contributed by atoms with Crippen molar-refractivity contribution in [3.05, 3.63) is 58.5 Å². The van der Waals surface area contributed by atoms with Crippen molar-refractivity contribution in [1.29, 1.82) is 0 Å². The molecule has 2 aromatic carbocycles. The maximum Gasteiger partial charge on any atom is 0.293 e. The van der Waals surface area contributed by atoms with E-state index < -0.39 is 0 Å². The van der Waals surface area contributed by atoms with Crippen LogP contribution in [0.25, 0.3) is 6.08 Å². The van der Waals surface area contributed by atoms with Gasteiger partial charge in [-0.15, -0.1) is 0 Å². The molecule has 0 radical (unpaired) electrons. The average molecular weight is 413 g/mol. The molecular formula is C22H23NO5S. The number of para-hydroxylation sites is 1. The van der Waals surface area contributed by atoms with Gasteiger partial charge >= 0.3 is 0 Å². The zero-order valence-electron chi connectivity index (χ0n) is 16.6. The molecule has 1 aliphatic heterocycles. The fraction of sp³-hybridized carbons (Fsp3) is 0.273. The molecule has 0 atom stereocenters. The van der Waals surface area contributed by atoms with Crippen LogP contribution in [-0.2, 0) is 4.79 Å². The minimum Gasteiger partial charge on any atom is -0.493 e. The van der Waals surface area contributed by atoms with Gasteiger partial charge in [0.15, 0.2) is 11.5 Å². The van der Waals surface area contributed by atoms with Gasteiger partial charge in [-0.3, -0.25) is 14.5 Å². The number of hydrogen-bond acceptors (Lipinski definition) is 6. The van der Waals surface area contributed by atoms with Crippen LogP contribution in [0.1, 0.15) is 18.1 Å². The molecule has 7 heteroatoms. The van der Waals surface area contributed by atoms with Crippen LogP contribution in [0, 0.1) is 6.92 Å². The summed E-state index contributed by atoms with van der Waals surface area (Å²) >= 11 is 0.912. The molecule has 1 fully saturated rings. The Bertz CT molecular complexity index is 941. The Labute approximate surface area is 174 Å². The lowest BCUT2D eigenvalue weighted by Crippen LogP contribution is -2.32. The van der Waals surface area contributed by atoms with E-state index in [1.54, 1.807) is 19.3 Å². The Morgan fingerprint density at radius 1 is 1.10 bits per heavy atom. The highest BCUT2D eigenvalue weighted by atomic mass is 32.2. The maximum absolute atomic E-state index is 12.7. The molecule has 29 heavy (non-hydrogen) atoms. The van der Waals surface area contributed by atoms with Crippen LogP contribution in [0.2, 0.25) is 0 Å². The van der Waals surface area contributed by atoms with Gasteiger partial charge in [0.1, 0.15) is 12.4 Å². The molecule has 0 bridgehead atoms. The number of rotatable bonds is 8. The van der Waals surface area contributed by atoms with Gasteiger partial charge in [0, 0.05) is 5.56 Å². The number of benzene rings is 2. The van der Waals surface area contributed by atoms with E-state index in [2.05, 4.69) is 0 Å². The molecule has 152 valence electrons. The van der Waals surface area contributed by atoms with Crippen molar-refractivity contribution in [2.45, 2.75) is 13.8 Å². The van der Waals surface area contributed by atoms with E-state index >= 15 is 0 Å². The van der Waals surface area contributed by atoms with E-state index in [1.165, 1.54) is 4.90 Å². The third kappa shape index (κ3) is 4.92. The van der Waals surface area contributed by atoms with E-state index in [0.29, 0.717) is 34.3 Å². The van der Waals surface area contributed by atoms with Crippen molar-refractivity contribution >= 4 is 29.0 Å². The third-order valence-electron chi connectivity index (χ3n) is 4.25. The quantitative estimate of drug-likeness (QED) is 0.593. The van der Waals surface area contributed by atoms with Gasteiger partial charge in [-0.1, -0.05) is 24.3 Å². The van der Waals surface area contributed by atoms with Gasteiger partial charge in [-0.2, -0.15) is 0 Å². The van der Waals surface area contributed by atoms with Crippen molar-refractivity contribution in [3.63, 3.8) is 0 Å². The van der Waals surface area contributed by atoms with Gasteiger partial charge in [-0.05, 0) is 55.4 Å². The molecule has 6 nitrogen and oxygen atoms in total. The summed E-state index contributed by atoms with van der Waals surface area (Å²) in [6.07, 6.45) is 1.67. The first-order valence-electron chi connectivity index (χ1n) is 9.28. The number of carbonyl (C=O) groups is 2. The van der Waals surface area contributed by atoms with Crippen LogP contribution < -0.4 is 14.2 Å². The number of imide groups is 1. The summed E-state index contributed by atoms with van der Waals surface area (Å²) in [7, 11) is 1.56. The Hall–Kier alpha value is -2.93. The summed E-state index contributed by atoms with van der Waals surface area (Å²) in [6.45, 7) is 4.73. The fourth-order valence-electron chi connectivity index (χ4n) is 2.90. The molecule has 0 aromatic heterocycles. The summed E-state index contributed by atoms with van der Waals surface area (Å²) in [6, 6.07) is 13.1. The number of methoxy groups -OCH3 is 1. The minimum atomic E-state index is -0.335. The van der Waals surface area contributed by atoms with Gasteiger partial charge in [0.05, 0.1) is 25.2 Å². The summed E-state index contributed by atoms with van der Waals surface area (Å²) < 4.78 is 16.7. The van der Waals surface area contributed by atoms with E-state index in [0.717, 1.165) is 17.3 Å². The number of nitrogens with zero attached hydrogens (tertiary/aromatic N) is 1. The zero-order valence-corrected chi connectivity index (χ0v) is 17.5. The van der Waals surface area contributed by atoms with E-state index in [1.807, 2.05) is 50.2 Å². The molecule has 2 amide bonds. The molecule has 3 rings (SSSR count). The molecule has 0 saturated carbocycles. The molecule has 0 unspecified atom stereocenters. The summed E-state index contributed by atoms with van der Waals surface area (Å²) in [5, 5.41) is -0.310. The predicted octanol–water partition coefficient (Wildman–Crippen LogP) is 4.52. The fourth-order valence-corrected chi connectivity index (χ4v) is 3.76. The number of aryl methyl sites for hydroxylation is 1. The van der Waals surface area contributed by atoms with Crippen molar-refractivity contribution in [1.82, 2.24) is 4.90 Å². The largest absolute Gasteiger partial charge is 0.493 e. The second-order valence-electron chi connectivity index (χ2n) is 6.31. The number of carbonyl (C=O) groups excluding carboxylic acids is 2. The molecule has 2 aromatic rings. The Morgan fingerprint density at radius 3 is 2.62 bits per heavy atom. The molecule has 0 spiro atoms. The van der Waals surface area contributed by atoms with Crippen molar-refractivity contribution in [2.24, 2.45) is 0 Å². The van der Waals surface area contributed by atoms with Crippen molar-refractivity contribution < 1.29 is 23.8 Å². The van der Waals surface area contributed by atoms with E-state index in [-0.39, 0.29) is 24.3 Å². The summed E-state index contributed by atoms with van der Waals surface area (Å²) in [5.74, 6) is 1.50. The topological polar surface area (TPSA) is 65.1 Å². The highest BCUT2D eigenvalue weighted by molar-refractivity contribution is 8.18. The van der Waals surface area contributed by atoms with Gasteiger partial charge < -0.3 is 14.2 Å². The lowest BCUT2D eigenvalue weighted by molar-refractivity contribution is -0.123. The van der Waals surface area contributed by atoms with Crippen LogP contribution in [0.4, 0.5) is 4.79 Å². The number of thioether (sulfide) groups is 1. The second kappa shape index (κ2) is 9.52. The first-order chi connectivity index (χ1) is 14.0. The minimum absolute atomic E-state index is 0.187. The van der Waals surface area contributed by atoms with Crippen LogP contribution in [0.5, 0.6) is 17.2 Å². The van der Waals surface area contributed by atoms with Crippen LogP contribution in [0.3, 0.4) is 0 Å². The van der Waals surface area contributed by atoms with Gasteiger partial charge in [0.25, 0.3) is 11.1 Å². The van der Waals surface area contributed by atoms with Gasteiger partial charge in [-0.25, -0.2) is 0 Å². The van der Waals surface area contributed by atoms with Gasteiger partial charge in [0.2, 0.25) is 0 Å². The Morgan fingerprint density at radius 2 is 1.90 bits per heavy atom. The molecule has 0 aliphatic carbocycles. The number of ether oxygens (including phenoxy) is 3. The molecule has 1 heterocycles. The zero-order chi connectivity index (χ0) is 20.8. The van der Waals surface area contributed by atoms with Crippen LogP contribution in [0.15, 0.2) is 47.4 Å². The normalized spacial score (nSPS) is 15.1. The van der Waals surface area contributed by atoms with E-state index in [4.69, 9.17) is 14.2 Å². The highest BCUT2D eigenvalue weighted by Crippen LogP contribution is 2.37. The standard InChI is InChI=1S/C22H23NO5S/c1-4-27-20-16(8-6-10-18(20)26-3)14-19-21(24)23(22(25)29-19)11-12-28-17-9-5-7-15(2)13-17/h5-10,13-14H,4,11-12H2,1-3H3/b19-14-. The van der Waals surface area contributed by atoms with E-state index in [9.17, 15) is 9.59 Å². The van der Waals surface area contributed by atoms with Crippen molar-refractivity contribution in [3.8, 4) is 17.2 Å². The summed E-state index contributed by atoms with van der Waals surface area (Å²) in [4.78, 5) is 26.6.